The molecule has 0 unspecified atom stereocenters. The molecule has 0 saturated carbocycles. The monoisotopic (exact) mass is 320 g/mol. The van der Waals surface area contributed by atoms with Gasteiger partial charge in [0.1, 0.15) is 0 Å². The minimum Gasteiger partial charge on any atom is -0.339 e. The van der Waals surface area contributed by atoms with E-state index in [-0.39, 0.29) is 17.3 Å². The van der Waals surface area contributed by atoms with E-state index < -0.39 is 17.5 Å². The summed E-state index contributed by atoms with van der Waals surface area (Å²) in [6.07, 6.45) is 5.06. The molecule has 4 rings (SSSR count). The van der Waals surface area contributed by atoms with Gasteiger partial charge in [-0.05, 0) is 18.6 Å². The number of nitrogens with zero attached hydrogens (tertiary/aromatic N) is 4. The predicted octanol–water partition coefficient (Wildman–Crippen LogP) is 3.08. The number of imidazole rings is 1. The van der Waals surface area contributed by atoms with E-state index in [0.29, 0.717) is 12.3 Å². The molecule has 2 aromatic heterocycles. The van der Waals surface area contributed by atoms with E-state index >= 15 is 0 Å². The Balaban J connectivity index is 1.63. The quantitative estimate of drug-likeness (QED) is 0.681. The van der Waals surface area contributed by atoms with Gasteiger partial charge in [-0.25, -0.2) is 18.2 Å². The first-order chi connectivity index (χ1) is 11.1. The topological polar surface area (TPSA) is 56.7 Å². The van der Waals surface area contributed by atoms with Crippen LogP contribution in [0.1, 0.15) is 23.9 Å². The maximum absolute atomic E-state index is 13.3. The van der Waals surface area contributed by atoms with Gasteiger partial charge in [-0.15, -0.1) is 0 Å². The highest BCUT2D eigenvalue weighted by Crippen LogP contribution is 2.30. The van der Waals surface area contributed by atoms with Gasteiger partial charge in [0, 0.05) is 36.3 Å². The lowest BCUT2D eigenvalue weighted by Gasteiger charge is -2.20. The van der Waals surface area contributed by atoms with Crippen molar-refractivity contribution in [1.82, 2.24) is 19.7 Å². The van der Waals surface area contributed by atoms with E-state index in [1.165, 1.54) is 0 Å². The number of halogens is 3. The summed E-state index contributed by atoms with van der Waals surface area (Å²) < 4.78 is 46.9. The van der Waals surface area contributed by atoms with E-state index in [2.05, 4.69) is 19.7 Å². The van der Waals surface area contributed by atoms with Crippen LogP contribution in [0.5, 0.6) is 0 Å². The van der Waals surface area contributed by atoms with E-state index in [9.17, 15) is 13.2 Å². The molecular weight excluding hydrogens is 309 g/mol. The maximum atomic E-state index is 13.3. The Kier molecular flexibility index (Phi) is 3.17. The Labute approximate surface area is 128 Å². The molecule has 1 atom stereocenters. The van der Waals surface area contributed by atoms with Gasteiger partial charge in [-0.3, -0.25) is 0 Å². The maximum Gasteiger partial charge on any atom is 0.230 e. The molecule has 3 aromatic rings. The van der Waals surface area contributed by atoms with Crippen molar-refractivity contribution in [2.45, 2.75) is 25.3 Å². The van der Waals surface area contributed by atoms with Crippen LogP contribution in [-0.4, -0.2) is 19.7 Å². The first-order valence-corrected chi connectivity index (χ1v) is 7.09. The minimum absolute atomic E-state index is 0.0237. The van der Waals surface area contributed by atoms with Gasteiger partial charge >= 0.3 is 0 Å². The molecule has 1 aromatic carbocycles. The number of hydrogen-bond donors (Lipinski definition) is 0. The second-order valence-corrected chi connectivity index (χ2v) is 5.48. The number of aryl methyl sites for hydroxylation is 1. The summed E-state index contributed by atoms with van der Waals surface area (Å²) in [5, 5.41) is 3.75. The van der Waals surface area contributed by atoms with Crippen molar-refractivity contribution in [2.24, 2.45) is 0 Å². The van der Waals surface area contributed by atoms with E-state index in [4.69, 9.17) is 4.52 Å². The molecule has 1 aliphatic rings. The molecule has 0 fully saturated rings. The van der Waals surface area contributed by atoms with Gasteiger partial charge in [0.15, 0.2) is 17.5 Å². The van der Waals surface area contributed by atoms with Gasteiger partial charge in [0.25, 0.3) is 0 Å². The second kappa shape index (κ2) is 5.22. The van der Waals surface area contributed by atoms with Gasteiger partial charge in [-0.2, -0.15) is 4.98 Å². The van der Waals surface area contributed by atoms with Crippen LogP contribution in [0.15, 0.2) is 29.2 Å². The first-order valence-electron chi connectivity index (χ1n) is 7.09. The number of aromatic nitrogens is 4. The standard InChI is InChI=1S/C15H11F3N4O/c16-11-4-9(5-12(17)13(11)18)14-20-15(23-21-14)8-1-2-22-7-19-6-10(22)3-8/h4-8H,1-3H2/t8-/m0/s1. The van der Waals surface area contributed by atoms with E-state index in [1.807, 2.05) is 0 Å². The van der Waals surface area contributed by atoms with E-state index in [1.54, 1.807) is 12.5 Å². The number of hydrogen-bond acceptors (Lipinski definition) is 4. The molecule has 0 aliphatic carbocycles. The van der Waals surface area contributed by atoms with Crippen molar-refractivity contribution < 1.29 is 17.7 Å². The average molecular weight is 320 g/mol. The summed E-state index contributed by atoms with van der Waals surface area (Å²) in [7, 11) is 0. The summed E-state index contributed by atoms with van der Waals surface area (Å²) >= 11 is 0. The first kappa shape index (κ1) is 14.0. The summed E-state index contributed by atoms with van der Waals surface area (Å²) in [6, 6.07) is 1.70. The fourth-order valence-electron chi connectivity index (χ4n) is 2.78. The Morgan fingerprint density at radius 3 is 2.74 bits per heavy atom. The van der Waals surface area contributed by atoms with Crippen molar-refractivity contribution in [3.63, 3.8) is 0 Å². The zero-order valence-electron chi connectivity index (χ0n) is 11.8. The SMILES string of the molecule is Fc1cc(-c2noc([C@H]3CCn4cncc4C3)n2)cc(F)c1F. The molecule has 1 aliphatic heterocycles. The van der Waals surface area contributed by atoms with Crippen LogP contribution in [0.25, 0.3) is 11.4 Å². The lowest BCUT2D eigenvalue weighted by molar-refractivity contribution is 0.325. The number of rotatable bonds is 2. The zero-order valence-corrected chi connectivity index (χ0v) is 11.8. The summed E-state index contributed by atoms with van der Waals surface area (Å²) in [5.41, 5.74) is 1.11. The van der Waals surface area contributed by atoms with E-state index in [0.717, 1.165) is 30.8 Å². The largest absolute Gasteiger partial charge is 0.339 e. The minimum atomic E-state index is -1.52. The van der Waals surface area contributed by atoms with Crippen LogP contribution in [0.2, 0.25) is 0 Å². The molecule has 8 heteroatoms. The second-order valence-electron chi connectivity index (χ2n) is 5.48. The fourth-order valence-corrected chi connectivity index (χ4v) is 2.78. The van der Waals surface area contributed by atoms with Gasteiger partial charge in [0.2, 0.25) is 11.7 Å². The molecule has 0 bridgehead atoms. The Bertz CT molecular complexity index is 850. The van der Waals surface area contributed by atoms with Crippen LogP contribution in [0, 0.1) is 17.5 Å². The average Bonchev–Trinajstić information content (AvgIpc) is 3.20. The molecule has 5 nitrogen and oxygen atoms in total. The third-order valence-electron chi connectivity index (χ3n) is 4.01. The zero-order chi connectivity index (χ0) is 16.0. The molecule has 3 heterocycles. The molecule has 0 amide bonds. The molecule has 0 saturated heterocycles. The highest BCUT2D eigenvalue weighted by Gasteiger charge is 2.25. The van der Waals surface area contributed by atoms with Gasteiger partial charge in [0.05, 0.1) is 6.33 Å². The highest BCUT2D eigenvalue weighted by molar-refractivity contribution is 5.54. The van der Waals surface area contributed by atoms with Crippen molar-refractivity contribution in [3.05, 3.63) is 53.7 Å². The Morgan fingerprint density at radius 2 is 1.96 bits per heavy atom. The van der Waals surface area contributed by atoms with Crippen LogP contribution < -0.4 is 0 Å². The third-order valence-corrected chi connectivity index (χ3v) is 4.01. The molecule has 23 heavy (non-hydrogen) atoms. The molecule has 0 N–H and O–H groups in total. The van der Waals surface area contributed by atoms with Gasteiger partial charge in [-0.1, -0.05) is 5.16 Å². The Hall–Kier alpha value is -2.64. The molecular formula is C15H11F3N4O. The summed E-state index contributed by atoms with van der Waals surface area (Å²) in [4.78, 5) is 8.30. The molecule has 118 valence electrons. The van der Waals surface area contributed by atoms with Crippen molar-refractivity contribution in [3.8, 4) is 11.4 Å². The molecule has 0 radical (unpaired) electrons. The predicted molar refractivity (Wildman–Crippen MR) is 72.9 cm³/mol. The van der Waals surface area contributed by atoms with Crippen molar-refractivity contribution in [1.29, 1.82) is 0 Å². The van der Waals surface area contributed by atoms with Crippen LogP contribution >= 0.6 is 0 Å². The number of benzene rings is 1. The summed E-state index contributed by atoms with van der Waals surface area (Å²) in [6.45, 7) is 0.789. The van der Waals surface area contributed by atoms with Gasteiger partial charge < -0.3 is 9.09 Å². The van der Waals surface area contributed by atoms with Crippen LogP contribution in [0.4, 0.5) is 13.2 Å². The van der Waals surface area contributed by atoms with Crippen LogP contribution in [0.3, 0.4) is 0 Å². The fraction of sp³-hybridized carbons (Fsp3) is 0.267. The number of fused-ring (bicyclic) bond motifs is 1. The van der Waals surface area contributed by atoms with Crippen molar-refractivity contribution >= 4 is 0 Å². The Morgan fingerprint density at radius 1 is 1.17 bits per heavy atom. The normalized spacial score (nSPS) is 17.3. The third kappa shape index (κ3) is 2.39. The lowest BCUT2D eigenvalue weighted by atomic mass is 9.96. The smallest absolute Gasteiger partial charge is 0.230 e. The lowest BCUT2D eigenvalue weighted by Crippen LogP contribution is -2.17. The van der Waals surface area contributed by atoms with Crippen molar-refractivity contribution in [2.75, 3.05) is 0 Å². The van der Waals surface area contributed by atoms with Crippen LogP contribution in [-0.2, 0) is 13.0 Å². The molecule has 0 spiro atoms. The highest BCUT2D eigenvalue weighted by atomic mass is 19.2. The summed E-state index contributed by atoms with van der Waals surface area (Å²) in [5.74, 6) is -3.62.